The van der Waals surface area contributed by atoms with Crippen molar-refractivity contribution >= 4 is 10.9 Å². The molecule has 3 heteroatoms. The highest BCUT2D eigenvalue weighted by Crippen LogP contribution is 2.18. The molecule has 0 aliphatic heterocycles. The highest BCUT2D eigenvalue weighted by Gasteiger charge is 2.11. The van der Waals surface area contributed by atoms with E-state index in [2.05, 4.69) is 41.5 Å². The van der Waals surface area contributed by atoms with Crippen molar-refractivity contribution in [1.29, 1.82) is 0 Å². The van der Waals surface area contributed by atoms with E-state index < -0.39 is 0 Å². The van der Waals surface area contributed by atoms with Crippen LogP contribution in [-0.2, 0) is 11.2 Å². The Morgan fingerprint density at radius 3 is 2.90 bits per heavy atom. The zero-order chi connectivity index (χ0) is 14.2. The first-order valence-corrected chi connectivity index (χ1v) is 7.40. The molecule has 0 radical (unpaired) electrons. The predicted molar refractivity (Wildman–Crippen MR) is 84.0 cm³/mol. The molecule has 2 rings (SSSR count). The lowest BCUT2D eigenvalue weighted by Gasteiger charge is -2.19. The van der Waals surface area contributed by atoms with E-state index in [1.165, 1.54) is 10.9 Å². The average Bonchev–Trinajstić information content (AvgIpc) is 2.50. The van der Waals surface area contributed by atoms with Gasteiger partial charge in [0.25, 0.3) is 0 Å². The third-order valence-electron chi connectivity index (χ3n) is 3.56. The molecule has 0 spiro atoms. The van der Waals surface area contributed by atoms with E-state index in [1.807, 2.05) is 12.3 Å². The smallest absolute Gasteiger partial charge is 0.0704 e. The topological polar surface area (TPSA) is 34.1 Å². The van der Waals surface area contributed by atoms with E-state index in [4.69, 9.17) is 4.74 Å². The first-order chi connectivity index (χ1) is 9.85. The summed E-state index contributed by atoms with van der Waals surface area (Å²) in [5, 5.41) is 4.88. The lowest BCUT2D eigenvalue weighted by atomic mass is 10.00. The van der Waals surface area contributed by atoms with Crippen LogP contribution in [0, 0.1) is 0 Å². The second-order valence-electron chi connectivity index (χ2n) is 5.12. The van der Waals surface area contributed by atoms with Gasteiger partial charge in [-0.1, -0.05) is 25.1 Å². The van der Waals surface area contributed by atoms with E-state index in [0.29, 0.717) is 6.04 Å². The van der Waals surface area contributed by atoms with Gasteiger partial charge in [0.2, 0.25) is 0 Å². The number of hydrogen-bond donors (Lipinski definition) is 1. The molecule has 0 amide bonds. The van der Waals surface area contributed by atoms with Gasteiger partial charge in [-0.3, -0.25) is 4.98 Å². The van der Waals surface area contributed by atoms with Crippen molar-refractivity contribution in [1.82, 2.24) is 10.3 Å². The molecule has 108 valence electrons. The van der Waals surface area contributed by atoms with E-state index >= 15 is 0 Å². The summed E-state index contributed by atoms with van der Waals surface area (Å²) in [4.78, 5) is 4.43. The zero-order valence-corrected chi connectivity index (χ0v) is 12.4. The van der Waals surface area contributed by atoms with Crippen LogP contribution in [0.1, 0.15) is 25.3 Å². The van der Waals surface area contributed by atoms with Gasteiger partial charge in [-0.2, -0.15) is 0 Å². The third kappa shape index (κ3) is 4.02. The number of hydrogen-bond acceptors (Lipinski definition) is 3. The van der Waals surface area contributed by atoms with Gasteiger partial charge in [-0.05, 0) is 43.5 Å². The van der Waals surface area contributed by atoms with Crippen molar-refractivity contribution in [2.75, 3.05) is 20.3 Å². The minimum atomic E-state index is 0.459. The van der Waals surface area contributed by atoms with Gasteiger partial charge in [0.1, 0.15) is 0 Å². The first-order valence-electron chi connectivity index (χ1n) is 7.40. The molecule has 3 nitrogen and oxygen atoms in total. The van der Waals surface area contributed by atoms with Crippen molar-refractivity contribution in [3.63, 3.8) is 0 Å². The van der Waals surface area contributed by atoms with Gasteiger partial charge in [0.15, 0.2) is 0 Å². The molecular weight excluding hydrogens is 248 g/mol. The van der Waals surface area contributed by atoms with Crippen LogP contribution in [-0.4, -0.2) is 31.3 Å². The molecule has 1 N–H and O–H groups in total. The minimum absolute atomic E-state index is 0.459. The van der Waals surface area contributed by atoms with Crippen LogP contribution in [0.5, 0.6) is 0 Å². The van der Waals surface area contributed by atoms with E-state index in [0.717, 1.165) is 37.9 Å². The average molecular weight is 272 g/mol. The Morgan fingerprint density at radius 2 is 2.10 bits per heavy atom. The number of nitrogens with zero attached hydrogens (tertiary/aromatic N) is 1. The molecule has 0 saturated carbocycles. The molecule has 0 fully saturated rings. The van der Waals surface area contributed by atoms with Gasteiger partial charge < -0.3 is 10.1 Å². The summed E-state index contributed by atoms with van der Waals surface area (Å²) in [6.45, 7) is 4.05. The number of pyridine rings is 1. The Hall–Kier alpha value is -1.45. The molecule has 2 aromatic rings. The van der Waals surface area contributed by atoms with Crippen LogP contribution in [0.4, 0.5) is 0 Å². The van der Waals surface area contributed by atoms with Crippen molar-refractivity contribution in [2.24, 2.45) is 0 Å². The summed E-state index contributed by atoms with van der Waals surface area (Å²) in [5.41, 5.74) is 2.44. The first kappa shape index (κ1) is 14.9. The monoisotopic (exact) mass is 272 g/mol. The number of benzene rings is 1. The van der Waals surface area contributed by atoms with Crippen LogP contribution < -0.4 is 5.32 Å². The maximum atomic E-state index is 5.23. The molecule has 1 aromatic carbocycles. The Balaban J connectivity index is 2.14. The number of ether oxygens (including phenoxy) is 1. The number of methoxy groups -OCH3 is 1. The van der Waals surface area contributed by atoms with Crippen molar-refractivity contribution in [3.8, 4) is 0 Å². The maximum absolute atomic E-state index is 5.23. The Morgan fingerprint density at radius 1 is 1.25 bits per heavy atom. The second-order valence-corrected chi connectivity index (χ2v) is 5.12. The van der Waals surface area contributed by atoms with Crippen molar-refractivity contribution < 1.29 is 4.74 Å². The highest BCUT2D eigenvalue weighted by molar-refractivity contribution is 5.81. The minimum Gasteiger partial charge on any atom is -0.385 e. The second kappa shape index (κ2) is 7.98. The standard InChI is InChI=1S/C17H24N2O/c1-3-10-18-15(9-12-20-2)13-14-8-11-19-17-7-5-4-6-16(14)17/h4-8,11,15,18H,3,9-10,12-13H2,1-2H3. The van der Waals surface area contributed by atoms with Gasteiger partial charge in [0.05, 0.1) is 5.52 Å². The fourth-order valence-electron chi connectivity index (χ4n) is 2.48. The Kier molecular flexibility index (Phi) is 5.96. The summed E-state index contributed by atoms with van der Waals surface area (Å²) < 4.78 is 5.23. The van der Waals surface area contributed by atoms with Crippen LogP contribution in [0.2, 0.25) is 0 Å². The molecule has 0 saturated heterocycles. The van der Waals surface area contributed by atoms with Crippen LogP contribution in [0.25, 0.3) is 10.9 Å². The summed E-state index contributed by atoms with van der Waals surface area (Å²) in [7, 11) is 1.76. The fourth-order valence-corrected chi connectivity index (χ4v) is 2.48. The highest BCUT2D eigenvalue weighted by atomic mass is 16.5. The van der Waals surface area contributed by atoms with E-state index in [1.54, 1.807) is 7.11 Å². The molecule has 0 aliphatic carbocycles. The number of rotatable bonds is 8. The summed E-state index contributed by atoms with van der Waals surface area (Å²) in [6, 6.07) is 10.9. The molecule has 1 heterocycles. The van der Waals surface area contributed by atoms with Crippen LogP contribution >= 0.6 is 0 Å². The Labute approximate surface area is 121 Å². The quantitative estimate of drug-likeness (QED) is 0.801. The van der Waals surface area contributed by atoms with Crippen molar-refractivity contribution in [2.45, 2.75) is 32.2 Å². The van der Waals surface area contributed by atoms with Crippen LogP contribution in [0.3, 0.4) is 0 Å². The summed E-state index contributed by atoms with van der Waals surface area (Å²) in [6.07, 6.45) is 5.12. The molecule has 20 heavy (non-hydrogen) atoms. The van der Waals surface area contributed by atoms with Gasteiger partial charge >= 0.3 is 0 Å². The fraction of sp³-hybridized carbons (Fsp3) is 0.471. The molecular formula is C17H24N2O. The van der Waals surface area contributed by atoms with Crippen LogP contribution in [0.15, 0.2) is 36.5 Å². The number of fused-ring (bicyclic) bond motifs is 1. The largest absolute Gasteiger partial charge is 0.385 e. The SMILES string of the molecule is CCCNC(CCOC)Cc1ccnc2ccccc12. The predicted octanol–water partition coefficient (Wildman–Crippen LogP) is 3.18. The molecule has 1 atom stereocenters. The summed E-state index contributed by atoms with van der Waals surface area (Å²) in [5.74, 6) is 0. The van der Waals surface area contributed by atoms with Gasteiger partial charge in [-0.25, -0.2) is 0 Å². The van der Waals surface area contributed by atoms with Gasteiger partial charge in [0, 0.05) is 31.3 Å². The van der Waals surface area contributed by atoms with E-state index in [9.17, 15) is 0 Å². The van der Waals surface area contributed by atoms with Crippen molar-refractivity contribution in [3.05, 3.63) is 42.1 Å². The molecule has 1 aromatic heterocycles. The number of nitrogens with one attached hydrogen (secondary N) is 1. The molecule has 0 aliphatic rings. The lowest BCUT2D eigenvalue weighted by molar-refractivity contribution is 0.182. The van der Waals surface area contributed by atoms with Gasteiger partial charge in [-0.15, -0.1) is 0 Å². The lowest BCUT2D eigenvalue weighted by Crippen LogP contribution is -2.33. The maximum Gasteiger partial charge on any atom is 0.0704 e. The Bertz CT molecular complexity index is 514. The third-order valence-corrected chi connectivity index (χ3v) is 3.56. The molecule has 1 unspecified atom stereocenters. The number of aromatic nitrogens is 1. The molecule has 0 bridgehead atoms. The number of para-hydroxylation sites is 1. The normalized spacial score (nSPS) is 12.7. The van der Waals surface area contributed by atoms with E-state index in [-0.39, 0.29) is 0 Å². The zero-order valence-electron chi connectivity index (χ0n) is 12.4. The summed E-state index contributed by atoms with van der Waals surface area (Å²) >= 11 is 0.